The number of likely N-dealkylation sites (tertiary alicyclic amines) is 1. The number of methoxy groups -OCH3 is 1. The zero-order chi connectivity index (χ0) is 18.5. The van der Waals surface area contributed by atoms with Crippen molar-refractivity contribution in [2.24, 2.45) is 5.92 Å². The van der Waals surface area contributed by atoms with E-state index in [4.69, 9.17) is 17.0 Å². The van der Waals surface area contributed by atoms with Crippen molar-refractivity contribution in [3.8, 4) is 0 Å². The van der Waals surface area contributed by atoms with Crippen LogP contribution in [0.25, 0.3) is 0 Å². The van der Waals surface area contributed by atoms with E-state index in [1.807, 2.05) is 24.3 Å². The lowest BCUT2D eigenvalue weighted by molar-refractivity contribution is 0.0602. The minimum absolute atomic E-state index is 0.335. The van der Waals surface area contributed by atoms with E-state index in [-0.39, 0.29) is 5.97 Å². The van der Waals surface area contributed by atoms with Gasteiger partial charge in [0.1, 0.15) is 5.00 Å². The number of thiophene rings is 1. The molecule has 26 heavy (non-hydrogen) atoms. The molecular weight excluding hydrogens is 364 g/mol. The SMILES string of the molecule is COC(=O)c1cc(Cc2ccccc2)sc1NC(=S)N1CCC(C)CC1. The number of anilines is 1. The maximum atomic E-state index is 12.2. The highest BCUT2D eigenvalue weighted by Crippen LogP contribution is 2.31. The van der Waals surface area contributed by atoms with Crippen molar-refractivity contribution in [2.45, 2.75) is 26.2 Å². The standard InChI is InChI=1S/C20H24N2O2S2/c1-14-8-10-22(11-9-14)20(25)21-18-17(19(23)24-2)13-16(26-18)12-15-6-4-3-5-7-15/h3-7,13-14H,8-12H2,1-2H3,(H,21,25). The van der Waals surface area contributed by atoms with E-state index >= 15 is 0 Å². The Balaban J connectivity index is 1.76. The number of hydrogen-bond acceptors (Lipinski definition) is 4. The Labute approximate surface area is 164 Å². The first-order valence-electron chi connectivity index (χ1n) is 8.87. The van der Waals surface area contributed by atoms with Crippen molar-refractivity contribution in [2.75, 3.05) is 25.5 Å². The fourth-order valence-electron chi connectivity index (χ4n) is 3.07. The number of piperidine rings is 1. The number of ether oxygens (including phenoxy) is 1. The maximum Gasteiger partial charge on any atom is 0.340 e. The summed E-state index contributed by atoms with van der Waals surface area (Å²) in [4.78, 5) is 15.5. The van der Waals surface area contributed by atoms with Crippen molar-refractivity contribution < 1.29 is 9.53 Å². The third-order valence-corrected chi connectivity index (χ3v) is 6.11. The summed E-state index contributed by atoms with van der Waals surface area (Å²) in [5.74, 6) is 0.414. The average Bonchev–Trinajstić information content (AvgIpc) is 3.04. The molecule has 2 aromatic rings. The van der Waals surface area contributed by atoms with Gasteiger partial charge in [0, 0.05) is 24.4 Å². The number of nitrogens with one attached hydrogen (secondary N) is 1. The van der Waals surface area contributed by atoms with Crippen molar-refractivity contribution in [1.82, 2.24) is 4.90 Å². The second-order valence-electron chi connectivity index (χ2n) is 6.71. The Hall–Kier alpha value is -1.92. The molecule has 0 atom stereocenters. The average molecular weight is 389 g/mol. The second-order valence-corrected chi connectivity index (χ2v) is 8.23. The van der Waals surface area contributed by atoms with Gasteiger partial charge >= 0.3 is 5.97 Å². The minimum Gasteiger partial charge on any atom is -0.465 e. The van der Waals surface area contributed by atoms with Crippen LogP contribution in [0.4, 0.5) is 5.00 Å². The van der Waals surface area contributed by atoms with Crippen LogP contribution in [0.2, 0.25) is 0 Å². The third kappa shape index (κ3) is 4.62. The molecule has 0 amide bonds. The Morgan fingerprint density at radius 1 is 1.31 bits per heavy atom. The number of esters is 1. The number of benzene rings is 1. The molecule has 138 valence electrons. The lowest BCUT2D eigenvalue weighted by Crippen LogP contribution is -2.40. The number of carbonyl (C=O) groups is 1. The maximum absolute atomic E-state index is 12.2. The number of thiocarbonyl (C=S) groups is 1. The molecule has 1 aromatic heterocycles. The van der Waals surface area contributed by atoms with Crippen molar-refractivity contribution in [3.63, 3.8) is 0 Å². The van der Waals surface area contributed by atoms with E-state index in [2.05, 4.69) is 29.3 Å². The largest absolute Gasteiger partial charge is 0.465 e. The summed E-state index contributed by atoms with van der Waals surface area (Å²) in [6.45, 7) is 4.20. The summed E-state index contributed by atoms with van der Waals surface area (Å²) in [5.41, 5.74) is 1.76. The summed E-state index contributed by atoms with van der Waals surface area (Å²) >= 11 is 7.15. The lowest BCUT2D eigenvalue weighted by atomic mass is 10.00. The van der Waals surface area contributed by atoms with E-state index in [9.17, 15) is 4.79 Å². The molecule has 4 nitrogen and oxygen atoms in total. The molecule has 0 unspecified atom stereocenters. The number of nitrogens with zero attached hydrogens (tertiary/aromatic N) is 1. The molecular formula is C20H24N2O2S2. The zero-order valence-electron chi connectivity index (χ0n) is 15.2. The highest BCUT2D eigenvalue weighted by Gasteiger charge is 2.22. The van der Waals surface area contributed by atoms with Gasteiger partial charge in [0.05, 0.1) is 12.7 Å². The molecule has 1 fully saturated rings. The monoisotopic (exact) mass is 388 g/mol. The molecule has 1 aromatic carbocycles. The normalized spacial score (nSPS) is 14.9. The van der Waals surface area contributed by atoms with E-state index in [1.54, 1.807) is 11.3 Å². The predicted molar refractivity (Wildman–Crippen MR) is 111 cm³/mol. The van der Waals surface area contributed by atoms with Crippen LogP contribution >= 0.6 is 23.6 Å². The van der Waals surface area contributed by atoms with Crippen LogP contribution in [-0.2, 0) is 11.2 Å². The van der Waals surface area contributed by atoms with Crippen LogP contribution in [0, 0.1) is 5.92 Å². The Kier molecular flexibility index (Phi) is 6.27. The molecule has 3 rings (SSSR count). The van der Waals surface area contributed by atoms with Crippen LogP contribution in [0.15, 0.2) is 36.4 Å². The first-order valence-corrected chi connectivity index (χ1v) is 10.1. The zero-order valence-corrected chi connectivity index (χ0v) is 16.8. The molecule has 2 heterocycles. The van der Waals surface area contributed by atoms with Gasteiger partial charge < -0.3 is 15.0 Å². The van der Waals surface area contributed by atoms with Gasteiger partial charge in [0.15, 0.2) is 5.11 Å². The smallest absolute Gasteiger partial charge is 0.340 e. The summed E-state index contributed by atoms with van der Waals surface area (Å²) in [5, 5.41) is 4.75. The van der Waals surface area contributed by atoms with Crippen molar-refractivity contribution in [1.29, 1.82) is 0 Å². The number of rotatable bonds is 4. The molecule has 1 aliphatic heterocycles. The van der Waals surface area contributed by atoms with E-state index in [0.717, 1.165) is 48.1 Å². The van der Waals surface area contributed by atoms with E-state index in [1.165, 1.54) is 12.7 Å². The van der Waals surface area contributed by atoms with E-state index in [0.29, 0.717) is 10.7 Å². The predicted octanol–water partition coefficient (Wildman–Crippen LogP) is 4.55. The van der Waals surface area contributed by atoms with Crippen molar-refractivity contribution >= 4 is 39.6 Å². The fraction of sp³-hybridized carbons (Fsp3) is 0.400. The van der Waals surface area contributed by atoms with Gasteiger partial charge in [-0.1, -0.05) is 37.3 Å². The van der Waals surface area contributed by atoms with Crippen LogP contribution in [0.3, 0.4) is 0 Å². The fourth-order valence-corrected chi connectivity index (χ4v) is 4.50. The van der Waals surface area contributed by atoms with Gasteiger partial charge in [0.25, 0.3) is 0 Å². The summed E-state index contributed by atoms with van der Waals surface area (Å²) in [6, 6.07) is 12.1. The van der Waals surface area contributed by atoms with Gasteiger partial charge in [-0.15, -0.1) is 11.3 Å². The topological polar surface area (TPSA) is 41.6 Å². The quantitative estimate of drug-likeness (QED) is 0.614. The lowest BCUT2D eigenvalue weighted by Gasteiger charge is -2.32. The second kappa shape index (κ2) is 8.64. The first kappa shape index (κ1) is 18.9. The first-order chi connectivity index (χ1) is 12.6. The molecule has 0 spiro atoms. The third-order valence-electron chi connectivity index (χ3n) is 4.70. The van der Waals surface area contributed by atoms with Gasteiger partial charge in [-0.05, 0) is 42.6 Å². The number of hydrogen-bond donors (Lipinski definition) is 1. The summed E-state index contributed by atoms with van der Waals surface area (Å²) in [6.07, 6.45) is 3.08. The highest BCUT2D eigenvalue weighted by atomic mass is 32.1. The Morgan fingerprint density at radius 2 is 2.00 bits per heavy atom. The van der Waals surface area contributed by atoms with Crippen LogP contribution in [-0.4, -0.2) is 36.2 Å². The number of carbonyl (C=O) groups excluding carboxylic acids is 1. The molecule has 0 bridgehead atoms. The van der Waals surface area contributed by atoms with Crippen LogP contribution < -0.4 is 5.32 Å². The Bertz CT molecular complexity index is 765. The van der Waals surface area contributed by atoms with Gasteiger partial charge in [-0.3, -0.25) is 0 Å². The Morgan fingerprint density at radius 3 is 2.65 bits per heavy atom. The minimum atomic E-state index is -0.335. The molecule has 6 heteroatoms. The van der Waals surface area contributed by atoms with Gasteiger partial charge in [0.2, 0.25) is 0 Å². The van der Waals surface area contributed by atoms with E-state index < -0.39 is 0 Å². The van der Waals surface area contributed by atoms with Crippen LogP contribution in [0.5, 0.6) is 0 Å². The van der Waals surface area contributed by atoms with Gasteiger partial charge in [-0.25, -0.2) is 4.79 Å². The highest BCUT2D eigenvalue weighted by molar-refractivity contribution is 7.80. The molecule has 0 aliphatic carbocycles. The van der Waals surface area contributed by atoms with Crippen LogP contribution in [0.1, 0.15) is 40.6 Å². The molecule has 0 saturated carbocycles. The summed E-state index contributed by atoms with van der Waals surface area (Å²) in [7, 11) is 1.41. The molecule has 0 radical (unpaired) electrons. The molecule has 1 N–H and O–H groups in total. The summed E-state index contributed by atoms with van der Waals surface area (Å²) < 4.78 is 4.95. The van der Waals surface area contributed by atoms with Gasteiger partial charge in [-0.2, -0.15) is 0 Å². The molecule has 1 aliphatic rings. The van der Waals surface area contributed by atoms with Crippen molar-refractivity contribution in [3.05, 3.63) is 52.4 Å². The molecule has 1 saturated heterocycles.